The fourth-order valence-corrected chi connectivity index (χ4v) is 2.52. The van der Waals surface area contributed by atoms with Gasteiger partial charge in [-0.25, -0.2) is 0 Å². The van der Waals surface area contributed by atoms with E-state index >= 15 is 0 Å². The number of nitrogens with zero attached hydrogens (tertiary/aromatic N) is 1. The van der Waals surface area contributed by atoms with Gasteiger partial charge in [0.25, 0.3) is 0 Å². The fourth-order valence-electron chi connectivity index (χ4n) is 2.52. The van der Waals surface area contributed by atoms with Gasteiger partial charge >= 0.3 is 5.97 Å². The molecule has 1 atom stereocenters. The minimum Gasteiger partial charge on any atom is -0.465 e. The zero-order valence-corrected chi connectivity index (χ0v) is 13.5. The van der Waals surface area contributed by atoms with Gasteiger partial charge in [-0.3, -0.25) is 4.79 Å². The van der Waals surface area contributed by atoms with Crippen molar-refractivity contribution in [3.8, 4) is 0 Å². The maximum Gasteiger partial charge on any atom is 0.324 e. The number of hydrogen-bond acceptors (Lipinski definition) is 4. The first-order valence-corrected chi connectivity index (χ1v) is 7.71. The molecule has 2 rings (SSSR count). The van der Waals surface area contributed by atoms with E-state index in [1.54, 1.807) is 0 Å². The number of hydrogen-bond donors (Lipinski definition) is 1. The van der Waals surface area contributed by atoms with E-state index in [1.807, 2.05) is 14.0 Å². The second-order valence-electron chi connectivity index (χ2n) is 5.97. The first kappa shape index (κ1) is 15.8. The molecular formula is C17H26N2O2. The van der Waals surface area contributed by atoms with E-state index in [2.05, 4.69) is 42.3 Å². The highest BCUT2D eigenvalue weighted by molar-refractivity contribution is 5.77. The Kier molecular flexibility index (Phi) is 5.23. The molecule has 1 aliphatic rings. The van der Waals surface area contributed by atoms with Crippen molar-refractivity contribution >= 4 is 11.7 Å². The van der Waals surface area contributed by atoms with Crippen molar-refractivity contribution in [1.82, 2.24) is 5.32 Å². The Balaban J connectivity index is 2.05. The summed E-state index contributed by atoms with van der Waals surface area (Å²) in [6.07, 6.45) is 2.31. The molecule has 116 valence electrons. The Labute approximate surface area is 127 Å². The third kappa shape index (κ3) is 4.74. The van der Waals surface area contributed by atoms with Gasteiger partial charge in [0.05, 0.1) is 6.61 Å². The van der Waals surface area contributed by atoms with E-state index in [-0.39, 0.29) is 12.0 Å². The highest BCUT2D eigenvalue weighted by Gasteiger charge is 2.30. The minimum absolute atomic E-state index is 0.152. The summed E-state index contributed by atoms with van der Waals surface area (Å²) < 4.78 is 5.19. The van der Waals surface area contributed by atoms with Crippen LogP contribution in [0, 0.1) is 13.8 Å². The molecule has 0 heterocycles. The number of nitrogens with one attached hydrogen (secondary N) is 1. The molecule has 21 heavy (non-hydrogen) atoms. The van der Waals surface area contributed by atoms with Crippen LogP contribution in [0.25, 0.3) is 0 Å². The molecule has 1 aromatic rings. The number of rotatable bonds is 7. The van der Waals surface area contributed by atoms with Crippen LogP contribution in [-0.2, 0) is 9.53 Å². The van der Waals surface area contributed by atoms with Crippen LogP contribution in [0.3, 0.4) is 0 Å². The van der Waals surface area contributed by atoms with Gasteiger partial charge < -0.3 is 15.0 Å². The van der Waals surface area contributed by atoms with Gasteiger partial charge in [0.2, 0.25) is 0 Å². The summed E-state index contributed by atoms with van der Waals surface area (Å²) in [4.78, 5) is 14.2. The van der Waals surface area contributed by atoms with E-state index in [4.69, 9.17) is 4.74 Å². The number of esters is 1. The molecule has 0 saturated heterocycles. The minimum atomic E-state index is -0.261. The smallest absolute Gasteiger partial charge is 0.324 e. The van der Waals surface area contributed by atoms with Crippen LogP contribution < -0.4 is 10.2 Å². The first-order chi connectivity index (χ1) is 9.99. The van der Waals surface area contributed by atoms with E-state index in [0.717, 1.165) is 18.5 Å². The van der Waals surface area contributed by atoms with Gasteiger partial charge in [-0.05, 0) is 56.9 Å². The summed E-state index contributed by atoms with van der Waals surface area (Å²) in [6.45, 7) is 7.08. The SMILES string of the molecule is CCOC(=O)C(CN(C)c1cc(C)cc(C)c1)NC1CC1. The van der Waals surface area contributed by atoms with Crippen molar-refractivity contribution in [3.05, 3.63) is 29.3 Å². The molecule has 0 spiro atoms. The Bertz CT molecular complexity index is 477. The third-order valence-corrected chi connectivity index (χ3v) is 3.69. The van der Waals surface area contributed by atoms with E-state index in [9.17, 15) is 4.79 Å². The molecule has 1 unspecified atom stereocenters. The van der Waals surface area contributed by atoms with Crippen LogP contribution in [0.4, 0.5) is 5.69 Å². The van der Waals surface area contributed by atoms with Crippen LogP contribution in [0.15, 0.2) is 18.2 Å². The molecule has 1 N–H and O–H groups in total. The van der Waals surface area contributed by atoms with Crippen molar-refractivity contribution < 1.29 is 9.53 Å². The number of aryl methyl sites for hydroxylation is 2. The van der Waals surface area contributed by atoms with Gasteiger partial charge in [-0.1, -0.05) is 6.07 Å². The van der Waals surface area contributed by atoms with Crippen LogP contribution in [0.1, 0.15) is 30.9 Å². The lowest BCUT2D eigenvalue weighted by molar-refractivity contribution is -0.145. The molecular weight excluding hydrogens is 264 g/mol. The van der Waals surface area contributed by atoms with Crippen molar-refractivity contribution in [2.45, 2.75) is 45.7 Å². The molecule has 1 fully saturated rings. The zero-order chi connectivity index (χ0) is 15.4. The zero-order valence-electron chi connectivity index (χ0n) is 13.5. The molecule has 0 bridgehead atoms. The highest BCUT2D eigenvalue weighted by atomic mass is 16.5. The highest BCUT2D eigenvalue weighted by Crippen LogP contribution is 2.21. The standard InChI is InChI=1S/C17H26N2O2/c1-5-21-17(20)16(18-14-6-7-14)11-19(4)15-9-12(2)8-13(3)10-15/h8-10,14,16,18H,5-7,11H2,1-4H3. The van der Waals surface area contributed by atoms with Crippen LogP contribution in [0.2, 0.25) is 0 Å². The summed E-state index contributed by atoms with van der Waals surface area (Å²) in [5.74, 6) is -0.152. The van der Waals surface area contributed by atoms with Crippen molar-refractivity contribution in [2.75, 3.05) is 25.1 Å². The molecule has 0 aliphatic heterocycles. The fraction of sp³-hybridized carbons (Fsp3) is 0.588. The first-order valence-electron chi connectivity index (χ1n) is 7.71. The molecule has 1 aliphatic carbocycles. The van der Waals surface area contributed by atoms with Crippen molar-refractivity contribution in [2.24, 2.45) is 0 Å². The normalized spacial score (nSPS) is 15.6. The van der Waals surface area contributed by atoms with Gasteiger partial charge in [0.1, 0.15) is 6.04 Å². The molecule has 0 aromatic heterocycles. The Morgan fingerprint density at radius 3 is 2.48 bits per heavy atom. The van der Waals surface area contributed by atoms with Gasteiger partial charge in [0, 0.05) is 25.3 Å². The second kappa shape index (κ2) is 6.94. The quantitative estimate of drug-likeness (QED) is 0.783. The predicted molar refractivity (Wildman–Crippen MR) is 85.8 cm³/mol. The van der Waals surface area contributed by atoms with E-state index < -0.39 is 0 Å². The number of likely N-dealkylation sites (N-methyl/N-ethyl adjacent to an activating group) is 1. The lowest BCUT2D eigenvalue weighted by Crippen LogP contribution is -2.47. The number of benzene rings is 1. The summed E-state index contributed by atoms with van der Waals surface area (Å²) >= 11 is 0. The predicted octanol–water partition coefficient (Wildman–Crippen LogP) is 2.42. The van der Waals surface area contributed by atoms with Crippen molar-refractivity contribution in [1.29, 1.82) is 0 Å². The average molecular weight is 290 g/mol. The Hall–Kier alpha value is -1.55. The molecule has 0 amide bonds. The number of ether oxygens (including phenoxy) is 1. The molecule has 4 heteroatoms. The Morgan fingerprint density at radius 1 is 1.33 bits per heavy atom. The lowest BCUT2D eigenvalue weighted by atomic mass is 10.1. The maximum absolute atomic E-state index is 12.1. The van der Waals surface area contributed by atoms with Crippen LogP contribution >= 0.6 is 0 Å². The lowest BCUT2D eigenvalue weighted by Gasteiger charge is -2.26. The molecule has 0 radical (unpaired) electrons. The summed E-state index contributed by atoms with van der Waals surface area (Å²) in [5, 5.41) is 3.39. The topological polar surface area (TPSA) is 41.6 Å². The van der Waals surface area contributed by atoms with Gasteiger partial charge in [-0.15, -0.1) is 0 Å². The summed E-state index contributed by atoms with van der Waals surface area (Å²) in [6, 6.07) is 6.66. The van der Waals surface area contributed by atoms with Crippen molar-refractivity contribution in [3.63, 3.8) is 0 Å². The maximum atomic E-state index is 12.1. The van der Waals surface area contributed by atoms with Gasteiger partial charge in [0.15, 0.2) is 0 Å². The summed E-state index contributed by atoms with van der Waals surface area (Å²) in [7, 11) is 2.02. The average Bonchev–Trinajstić information content (AvgIpc) is 3.21. The number of anilines is 1. The molecule has 1 saturated carbocycles. The molecule has 1 aromatic carbocycles. The largest absolute Gasteiger partial charge is 0.465 e. The number of carbonyl (C=O) groups is 1. The van der Waals surface area contributed by atoms with Gasteiger partial charge in [-0.2, -0.15) is 0 Å². The van der Waals surface area contributed by atoms with E-state index in [1.165, 1.54) is 11.1 Å². The monoisotopic (exact) mass is 290 g/mol. The Morgan fingerprint density at radius 2 is 1.95 bits per heavy atom. The third-order valence-electron chi connectivity index (χ3n) is 3.69. The molecule has 4 nitrogen and oxygen atoms in total. The number of carbonyl (C=O) groups excluding carboxylic acids is 1. The van der Waals surface area contributed by atoms with Crippen LogP contribution in [0.5, 0.6) is 0 Å². The summed E-state index contributed by atoms with van der Waals surface area (Å²) in [5.41, 5.74) is 3.61. The second-order valence-corrected chi connectivity index (χ2v) is 5.97. The van der Waals surface area contributed by atoms with Crippen LogP contribution in [-0.4, -0.2) is 38.3 Å². The van der Waals surface area contributed by atoms with E-state index in [0.29, 0.717) is 19.2 Å².